The average Bonchev–Trinajstić information content (AvgIpc) is 3.28. The lowest BCUT2D eigenvalue weighted by Crippen LogP contribution is -2.22. The highest BCUT2D eigenvalue weighted by Crippen LogP contribution is 2.24. The molecular formula is C18H17N5OS2. The first-order valence-corrected chi connectivity index (χ1v) is 9.71. The van der Waals surface area contributed by atoms with Gasteiger partial charge in [-0.3, -0.25) is 4.79 Å². The molecule has 0 aliphatic heterocycles. The van der Waals surface area contributed by atoms with Crippen LogP contribution in [0.15, 0.2) is 46.9 Å². The lowest BCUT2D eigenvalue weighted by atomic mass is 10.2. The van der Waals surface area contributed by atoms with Gasteiger partial charge in [0, 0.05) is 24.0 Å². The maximum Gasteiger partial charge on any atom is 0.237 e. The molecule has 0 aliphatic carbocycles. The number of nitriles is 1. The van der Waals surface area contributed by atoms with E-state index in [1.807, 2.05) is 30.0 Å². The van der Waals surface area contributed by atoms with Gasteiger partial charge >= 0.3 is 0 Å². The molecule has 6 nitrogen and oxygen atoms in total. The van der Waals surface area contributed by atoms with Gasteiger partial charge in [0.25, 0.3) is 0 Å². The van der Waals surface area contributed by atoms with Crippen molar-refractivity contribution >= 4 is 34.7 Å². The van der Waals surface area contributed by atoms with E-state index in [9.17, 15) is 4.79 Å². The molecule has 0 saturated carbocycles. The van der Waals surface area contributed by atoms with Crippen LogP contribution in [0.2, 0.25) is 0 Å². The van der Waals surface area contributed by atoms with Crippen molar-refractivity contribution in [1.29, 1.82) is 5.26 Å². The number of anilines is 1. The summed E-state index contributed by atoms with van der Waals surface area (Å²) in [7, 11) is 1.91. The van der Waals surface area contributed by atoms with E-state index in [4.69, 9.17) is 5.26 Å². The predicted octanol–water partition coefficient (Wildman–Crippen LogP) is 3.46. The number of nitrogens with one attached hydrogen (secondary N) is 1. The molecule has 0 fully saturated rings. The minimum atomic E-state index is -0.330. The molecule has 0 spiro atoms. The Morgan fingerprint density at radius 1 is 1.35 bits per heavy atom. The topological polar surface area (TPSA) is 83.6 Å². The largest absolute Gasteiger partial charge is 0.325 e. The number of carbonyl (C=O) groups is 1. The van der Waals surface area contributed by atoms with Crippen molar-refractivity contribution in [3.63, 3.8) is 0 Å². The number of aromatic nitrogens is 3. The molecule has 0 bridgehead atoms. The Morgan fingerprint density at radius 2 is 2.12 bits per heavy atom. The Balaban J connectivity index is 1.61. The van der Waals surface area contributed by atoms with Crippen LogP contribution >= 0.6 is 23.1 Å². The zero-order chi connectivity index (χ0) is 18.5. The molecule has 8 heteroatoms. The molecule has 26 heavy (non-hydrogen) atoms. The van der Waals surface area contributed by atoms with Gasteiger partial charge in [-0.25, -0.2) is 0 Å². The Labute approximate surface area is 159 Å². The molecule has 0 aliphatic rings. The van der Waals surface area contributed by atoms with Gasteiger partial charge in [-0.1, -0.05) is 17.8 Å². The third-order valence-electron chi connectivity index (χ3n) is 3.77. The Hall–Kier alpha value is -2.63. The van der Waals surface area contributed by atoms with Gasteiger partial charge in [0.15, 0.2) is 5.16 Å². The fraction of sp³-hybridized carbons (Fsp3) is 0.222. The van der Waals surface area contributed by atoms with Crippen molar-refractivity contribution < 1.29 is 4.79 Å². The number of thiophene rings is 1. The molecule has 3 rings (SSSR count). The lowest BCUT2D eigenvalue weighted by molar-refractivity contribution is -0.115. The normalized spacial score (nSPS) is 11.7. The highest BCUT2D eigenvalue weighted by molar-refractivity contribution is 8.00. The van der Waals surface area contributed by atoms with Crippen LogP contribution in [0.5, 0.6) is 0 Å². The van der Waals surface area contributed by atoms with Gasteiger partial charge in [-0.05, 0) is 42.6 Å². The van der Waals surface area contributed by atoms with Crippen LogP contribution in [0.1, 0.15) is 23.2 Å². The molecule has 1 atom stereocenters. The summed E-state index contributed by atoms with van der Waals surface area (Å²) in [6.45, 7) is 1.83. The first kappa shape index (κ1) is 18.2. The number of amides is 1. The second-order valence-corrected chi connectivity index (χ2v) is 7.99. The van der Waals surface area contributed by atoms with Crippen LogP contribution in [0.3, 0.4) is 0 Å². The van der Waals surface area contributed by atoms with Gasteiger partial charge in [0.1, 0.15) is 5.82 Å². The maximum atomic E-state index is 12.4. The minimum absolute atomic E-state index is 0.123. The van der Waals surface area contributed by atoms with Gasteiger partial charge in [-0.2, -0.15) is 5.26 Å². The summed E-state index contributed by atoms with van der Waals surface area (Å²) >= 11 is 3.05. The first-order chi connectivity index (χ1) is 12.6. The minimum Gasteiger partial charge on any atom is -0.325 e. The molecule has 1 aromatic carbocycles. The zero-order valence-electron chi connectivity index (χ0n) is 14.3. The number of rotatable bonds is 6. The van der Waals surface area contributed by atoms with E-state index in [0.717, 1.165) is 12.2 Å². The quantitative estimate of drug-likeness (QED) is 0.659. The van der Waals surface area contributed by atoms with Crippen LogP contribution in [0.25, 0.3) is 0 Å². The fourth-order valence-electron chi connectivity index (χ4n) is 2.25. The zero-order valence-corrected chi connectivity index (χ0v) is 16.0. The van der Waals surface area contributed by atoms with Crippen molar-refractivity contribution in [3.05, 3.63) is 58.0 Å². The first-order valence-electron chi connectivity index (χ1n) is 7.95. The molecule has 1 amide bonds. The Morgan fingerprint density at radius 3 is 2.77 bits per heavy atom. The Kier molecular flexibility index (Phi) is 5.71. The van der Waals surface area contributed by atoms with E-state index in [0.29, 0.717) is 16.4 Å². The van der Waals surface area contributed by atoms with E-state index >= 15 is 0 Å². The number of nitrogens with zero attached hydrogens (tertiary/aromatic N) is 4. The second-order valence-electron chi connectivity index (χ2n) is 5.65. The Bertz CT molecular complexity index is 926. The fourth-order valence-corrected chi connectivity index (χ4v) is 3.79. The predicted molar refractivity (Wildman–Crippen MR) is 103 cm³/mol. The van der Waals surface area contributed by atoms with Crippen molar-refractivity contribution in [3.8, 4) is 6.07 Å². The molecule has 0 radical (unpaired) electrons. The van der Waals surface area contributed by atoms with E-state index < -0.39 is 0 Å². The lowest BCUT2D eigenvalue weighted by Gasteiger charge is -2.11. The molecule has 1 N–H and O–H groups in total. The SMILES string of the molecule is C[C@H](Sc1nnc(Cc2cccs2)n1C)C(=O)Nc1ccc(C#N)cc1. The number of thioether (sulfide) groups is 1. The van der Waals surface area contributed by atoms with E-state index in [1.165, 1.54) is 16.6 Å². The molecule has 0 unspecified atom stereocenters. The molecule has 2 aromatic heterocycles. The second kappa shape index (κ2) is 8.17. The van der Waals surface area contributed by atoms with Crippen molar-refractivity contribution in [2.24, 2.45) is 7.05 Å². The number of hydrogen-bond acceptors (Lipinski definition) is 6. The molecule has 2 heterocycles. The monoisotopic (exact) mass is 383 g/mol. The summed E-state index contributed by atoms with van der Waals surface area (Å²) in [4.78, 5) is 13.6. The van der Waals surface area contributed by atoms with Crippen LogP contribution in [-0.4, -0.2) is 25.9 Å². The van der Waals surface area contributed by atoms with Crippen molar-refractivity contribution in [2.45, 2.75) is 23.8 Å². The number of hydrogen-bond donors (Lipinski definition) is 1. The molecule has 0 saturated heterocycles. The third-order valence-corrected chi connectivity index (χ3v) is 5.78. The van der Waals surface area contributed by atoms with Crippen LogP contribution in [0, 0.1) is 11.3 Å². The van der Waals surface area contributed by atoms with E-state index in [1.54, 1.807) is 35.6 Å². The maximum absolute atomic E-state index is 12.4. The van der Waals surface area contributed by atoms with Crippen LogP contribution in [-0.2, 0) is 18.3 Å². The molecular weight excluding hydrogens is 366 g/mol. The van der Waals surface area contributed by atoms with Crippen molar-refractivity contribution in [2.75, 3.05) is 5.32 Å². The van der Waals surface area contributed by atoms with Gasteiger partial charge in [0.2, 0.25) is 5.91 Å². The summed E-state index contributed by atoms with van der Waals surface area (Å²) < 4.78 is 1.93. The summed E-state index contributed by atoms with van der Waals surface area (Å²) in [5.74, 6) is 0.747. The third kappa shape index (κ3) is 4.31. The smallest absolute Gasteiger partial charge is 0.237 e. The number of benzene rings is 1. The highest BCUT2D eigenvalue weighted by atomic mass is 32.2. The average molecular weight is 384 g/mol. The van der Waals surface area contributed by atoms with Crippen LogP contribution < -0.4 is 5.32 Å². The summed E-state index contributed by atoms with van der Waals surface area (Å²) in [6, 6.07) is 12.9. The highest BCUT2D eigenvalue weighted by Gasteiger charge is 2.19. The summed E-state index contributed by atoms with van der Waals surface area (Å²) in [6.07, 6.45) is 0.730. The number of carbonyl (C=O) groups excluding carboxylic acids is 1. The van der Waals surface area contributed by atoms with Crippen LogP contribution in [0.4, 0.5) is 5.69 Å². The summed E-state index contributed by atoms with van der Waals surface area (Å²) in [5, 5.41) is 22.5. The summed E-state index contributed by atoms with van der Waals surface area (Å²) in [5.41, 5.74) is 1.22. The van der Waals surface area contributed by atoms with Gasteiger partial charge in [0.05, 0.1) is 16.9 Å². The van der Waals surface area contributed by atoms with E-state index in [-0.39, 0.29) is 11.2 Å². The van der Waals surface area contributed by atoms with E-state index in [2.05, 4.69) is 27.6 Å². The van der Waals surface area contributed by atoms with Crippen molar-refractivity contribution in [1.82, 2.24) is 14.8 Å². The van der Waals surface area contributed by atoms with Gasteiger partial charge in [-0.15, -0.1) is 21.5 Å². The standard InChI is InChI=1S/C18H17N5OS2/c1-12(17(24)20-14-7-5-13(11-19)6-8-14)26-18-22-21-16(23(18)2)10-15-4-3-9-25-15/h3-9,12H,10H2,1-2H3,(H,20,24)/t12-/m0/s1. The molecule has 3 aromatic rings. The van der Waals surface area contributed by atoms with Gasteiger partial charge < -0.3 is 9.88 Å². The molecule has 132 valence electrons.